The zero-order valence-corrected chi connectivity index (χ0v) is 10.6. The summed E-state index contributed by atoms with van der Waals surface area (Å²) in [5.74, 6) is -0.787. The smallest absolute Gasteiger partial charge is 0.323 e. The third-order valence-electron chi connectivity index (χ3n) is 2.72. The van der Waals surface area contributed by atoms with Gasteiger partial charge in [0, 0.05) is 11.5 Å². The van der Waals surface area contributed by atoms with Crippen molar-refractivity contribution in [3.63, 3.8) is 0 Å². The predicted molar refractivity (Wildman–Crippen MR) is 66.8 cm³/mol. The minimum absolute atomic E-state index is 0.400. The first-order valence-corrected chi connectivity index (χ1v) is 6.12. The van der Waals surface area contributed by atoms with Crippen molar-refractivity contribution in [1.82, 2.24) is 5.32 Å². The number of rotatable bonds is 10. The summed E-state index contributed by atoms with van der Waals surface area (Å²) < 4.78 is 0. The number of nitrogens with one attached hydrogen (secondary N) is 1. The number of hydrogen-bond donors (Lipinski definition) is 2. The molecular formula is C11H22N4O2. The Morgan fingerprint density at radius 1 is 1.41 bits per heavy atom. The van der Waals surface area contributed by atoms with Crippen LogP contribution in [0, 0.1) is 0 Å². The number of hydrogen-bond acceptors (Lipinski definition) is 3. The van der Waals surface area contributed by atoms with E-state index in [1.165, 1.54) is 0 Å². The Kier molecular flexibility index (Phi) is 8.19. The number of azide groups is 1. The first kappa shape index (κ1) is 15.7. The monoisotopic (exact) mass is 242 g/mol. The van der Waals surface area contributed by atoms with Crippen LogP contribution >= 0.6 is 0 Å². The molecule has 0 radical (unpaired) electrons. The number of carboxylic acid groups (broad SMARTS) is 1. The summed E-state index contributed by atoms with van der Waals surface area (Å²) in [6.45, 7) is 4.92. The van der Waals surface area contributed by atoms with Gasteiger partial charge in [-0.2, -0.15) is 0 Å². The lowest BCUT2D eigenvalue weighted by molar-refractivity contribution is -0.145. The second kappa shape index (κ2) is 8.84. The molecule has 0 rings (SSSR count). The van der Waals surface area contributed by atoms with Crippen molar-refractivity contribution in [3.05, 3.63) is 10.4 Å². The summed E-state index contributed by atoms with van der Waals surface area (Å²) in [5, 5.41) is 15.9. The molecule has 0 heterocycles. The Bertz CT molecular complexity index is 269. The summed E-state index contributed by atoms with van der Waals surface area (Å²) in [7, 11) is 0. The van der Waals surface area contributed by atoms with Gasteiger partial charge in [-0.15, -0.1) is 0 Å². The molecule has 6 nitrogen and oxygen atoms in total. The molecule has 17 heavy (non-hydrogen) atoms. The van der Waals surface area contributed by atoms with Crippen LogP contribution in [0.3, 0.4) is 0 Å². The minimum atomic E-state index is -0.820. The Morgan fingerprint density at radius 3 is 2.41 bits per heavy atom. The highest BCUT2D eigenvalue weighted by Gasteiger charge is 2.35. The first-order chi connectivity index (χ1) is 8.13. The molecule has 0 spiro atoms. The fourth-order valence-electron chi connectivity index (χ4n) is 1.97. The second-order valence-corrected chi connectivity index (χ2v) is 4.12. The van der Waals surface area contributed by atoms with E-state index in [0.717, 1.165) is 12.8 Å². The zero-order valence-electron chi connectivity index (χ0n) is 10.6. The second-order valence-electron chi connectivity index (χ2n) is 4.12. The molecule has 98 valence electrons. The van der Waals surface area contributed by atoms with Gasteiger partial charge in [-0.1, -0.05) is 31.8 Å². The van der Waals surface area contributed by atoms with E-state index in [1.54, 1.807) is 0 Å². The van der Waals surface area contributed by atoms with E-state index in [4.69, 9.17) is 5.53 Å². The van der Waals surface area contributed by atoms with Crippen molar-refractivity contribution >= 4 is 5.97 Å². The highest BCUT2D eigenvalue weighted by molar-refractivity contribution is 5.78. The molecule has 0 saturated heterocycles. The van der Waals surface area contributed by atoms with Gasteiger partial charge in [-0.05, 0) is 31.3 Å². The van der Waals surface area contributed by atoms with Crippen molar-refractivity contribution in [2.75, 3.05) is 13.1 Å². The number of carboxylic acids is 1. The van der Waals surface area contributed by atoms with Gasteiger partial charge in [0.1, 0.15) is 5.54 Å². The largest absolute Gasteiger partial charge is 0.480 e. The van der Waals surface area contributed by atoms with E-state index in [9.17, 15) is 9.90 Å². The maximum absolute atomic E-state index is 11.4. The van der Waals surface area contributed by atoms with Crippen molar-refractivity contribution in [2.45, 2.75) is 51.5 Å². The summed E-state index contributed by atoms with van der Waals surface area (Å²) in [6.07, 6.45) is 3.56. The maximum atomic E-state index is 11.4. The lowest BCUT2D eigenvalue weighted by Crippen LogP contribution is -2.52. The fourth-order valence-corrected chi connectivity index (χ4v) is 1.97. The summed E-state index contributed by atoms with van der Waals surface area (Å²) in [5.41, 5.74) is 7.31. The SMILES string of the molecule is CCCC(CCC)(NCCCN=[N+]=[N-])C(=O)O. The van der Waals surface area contributed by atoms with Gasteiger partial charge in [0.2, 0.25) is 0 Å². The van der Waals surface area contributed by atoms with Crippen LogP contribution in [0.4, 0.5) is 0 Å². The van der Waals surface area contributed by atoms with Crippen LogP contribution in [-0.4, -0.2) is 29.7 Å². The van der Waals surface area contributed by atoms with Crippen LogP contribution in [0.2, 0.25) is 0 Å². The Morgan fingerprint density at radius 2 is 2.00 bits per heavy atom. The van der Waals surface area contributed by atoms with Gasteiger partial charge in [-0.3, -0.25) is 4.79 Å². The number of nitrogens with zero attached hydrogens (tertiary/aromatic N) is 3. The van der Waals surface area contributed by atoms with Crippen LogP contribution in [0.5, 0.6) is 0 Å². The minimum Gasteiger partial charge on any atom is -0.480 e. The fraction of sp³-hybridized carbons (Fsp3) is 0.909. The third kappa shape index (κ3) is 5.56. The molecule has 0 aromatic rings. The molecule has 0 bridgehead atoms. The van der Waals surface area contributed by atoms with Gasteiger partial charge in [0.05, 0.1) is 0 Å². The van der Waals surface area contributed by atoms with E-state index in [2.05, 4.69) is 15.3 Å². The molecule has 0 unspecified atom stereocenters. The third-order valence-corrected chi connectivity index (χ3v) is 2.72. The standard InChI is InChI=1S/C11H22N4O2/c1-3-6-11(7-4-2,10(16)17)13-8-5-9-14-15-12/h13H,3-9H2,1-2H3,(H,16,17). The molecule has 0 fully saturated rings. The van der Waals surface area contributed by atoms with Gasteiger partial charge in [0.15, 0.2) is 0 Å². The molecule has 2 N–H and O–H groups in total. The Balaban J connectivity index is 4.34. The van der Waals surface area contributed by atoms with Gasteiger partial charge in [-0.25, -0.2) is 0 Å². The van der Waals surface area contributed by atoms with E-state index in [0.29, 0.717) is 32.4 Å². The summed E-state index contributed by atoms with van der Waals surface area (Å²) in [4.78, 5) is 14.0. The molecule has 6 heteroatoms. The van der Waals surface area contributed by atoms with Gasteiger partial charge < -0.3 is 10.4 Å². The van der Waals surface area contributed by atoms with Crippen LogP contribution in [0.15, 0.2) is 5.11 Å². The van der Waals surface area contributed by atoms with Crippen molar-refractivity contribution in [2.24, 2.45) is 5.11 Å². The van der Waals surface area contributed by atoms with Crippen LogP contribution < -0.4 is 5.32 Å². The lowest BCUT2D eigenvalue weighted by atomic mass is 9.88. The summed E-state index contributed by atoms with van der Waals surface area (Å²) >= 11 is 0. The lowest BCUT2D eigenvalue weighted by Gasteiger charge is -2.30. The van der Waals surface area contributed by atoms with E-state index in [1.807, 2.05) is 13.8 Å². The molecule has 0 saturated carbocycles. The van der Waals surface area contributed by atoms with Crippen LogP contribution in [0.1, 0.15) is 46.0 Å². The quantitative estimate of drug-likeness (QED) is 0.266. The van der Waals surface area contributed by atoms with Crippen LogP contribution in [-0.2, 0) is 4.79 Å². The van der Waals surface area contributed by atoms with E-state index < -0.39 is 11.5 Å². The van der Waals surface area contributed by atoms with Crippen molar-refractivity contribution in [1.29, 1.82) is 0 Å². The highest BCUT2D eigenvalue weighted by Crippen LogP contribution is 2.20. The average molecular weight is 242 g/mol. The highest BCUT2D eigenvalue weighted by atomic mass is 16.4. The predicted octanol–water partition coefficient (Wildman–Crippen LogP) is 2.70. The number of carbonyl (C=O) groups is 1. The van der Waals surface area contributed by atoms with Crippen LogP contribution in [0.25, 0.3) is 10.4 Å². The first-order valence-electron chi connectivity index (χ1n) is 6.12. The van der Waals surface area contributed by atoms with Gasteiger partial charge >= 0.3 is 5.97 Å². The molecular weight excluding hydrogens is 220 g/mol. The van der Waals surface area contributed by atoms with E-state index >= 15 is 0 Å². The van der Waals surface area contributed by atoms with Crippen molar-refractivity contribution < 1.29 is 9.90 Å². The normalized spacial score (nSPS) is 10.9. The summed E-state index contributed by atoms with van der Waals surface area (Å²) in [6, 6.07) is 0. The molecule has 0 atom stereocenters. The molecule has 0 aromatic carbocycles. The molecule has 0 aliphatic carbocycles. The average Bonchev–Trinajstić information content (AvgIpc) is 2.29. The maximum Gasteiger partial charge on any atom is 0.323 e. The van der Waals surface area contributed by atoms with Gasteiger partial charge in [0.25, 0.3) is 0 Å². The van der Waals surface area contributed by atoms with E-state index in [-0.39, 0.29) is 0 Å². The topological polar surface area (TPSA) is 98.1 Å². The Hall–Kier alpha value is -1.26. The molecule has 0 aliphatic heterocycles. The zero-order chi connectivity index (χ0) is 13.1. The number of aliphatic carboxylic acids is 1. The Labute approximate surface area is 102 Å². The molecule has 0 amide bonds. The molecule has 0 aromatic heterocycles. The molecule has 0 aliphatic rings. The van der Waals surface area contributed by atoms with Crippen molar-refractivity contribution in [3.8, 4) is 0 Å².